The summed E-state index contributed by atoms with van der Waals surface area (Å²) in [6, 6.07) is 22.1. The standard InChI is InChI=1S/C36H40O8/c1-37-23-9-11-28(31(18-23)42-6)30-16-22-15-27(41-5)20-33(44-8)35(22)36(29-12-10-24(38-2)19-32(29)43-7)34(30)21-13-25(39-3)17-26(14-21)40-4/h9-15,17-20,30,34,36H,16H2,1-8H3. The van der Waals surface area contributed by atoms with Gasteiger partial charge in [-0.05, 0) is 59.4 Å². The third kappa shape index (κ3) is 5.64. The molecule has 0 heterocycles. The summed E-state index contributed by atoms with van der Waals surface area (Å²) in [7, 11) is 13.4. The Bertz CT molecular complexity index is 1590. The van der Waals surface area contributed by atoms with E-state index < -0.39 is 0 Å². The van der Waals surface area contributed by atoms with Gasteiger partial charge in [-0.15, -0.1) is 0 Å². The summed E-state index contributed by atoms with van der Waals surface area (Å²) in [5.41, 5.74) is 5.24. The van der Waals surface area contributed by atoms with E-state index in [1.54, 1.807) is 56.9 Å². The zero-order valence-electron chi connectivity index (χ0n) is 26.6. The van der Waals surface area contributed by atoms with E-state index in [1.165, 1.54) is 0 Å². The predicted molar refractivity (Wildman–Crippen MR) is 169 cm³/mol. The molecule has 0 amide bonds. The molecule has 8 heteroatoms. The fourth-order valence-electron chi connectivity index (χ4n) is 6.54. The van der Waals surface area contributed by atoms with Gasteiger partial charge in [0.25, 0.3) is 0 Å². The molecule has 0 saturated carbocycles. The number of hydrogen-bond acceptors (Lipinski definition) is 8. The van der Waals surface area contributed by atoms with Crippen LogP contribution in [0.1, 0.15) is 45.6 Å². The highest BCUT2D eigenvalue weighted by atomic mass is 16.5. The fraction of sp³-hybridized carbons (Fsp3) is 0.333. The van der Waals surface area contributed by atoms with Gasteiger partial charge in [0, 0.05) is 47.2 Å². The lowest BCUT2D eigenvalue weighted by atomic mass is 9.62. The maximum atomic E-state index is 6.08. The van der Waals surface area contributed by atoms with Gasteiger partial charge >= 0.3 is 0 Å². The van der Waals surface area contributed by atoms with Crippen molar-refractivity contribution in [3.8, 4) is 46.0 Å². The molecule has 3 unspecified atom stereocenters. The highest BCUT2D eigenvalue weighted by Gasteiger charge is 2.44. The second kappa shape index (κ2) is 13.3. The van der Waals surface area contributed by atoms with Gasteiger partial charge in [0.2, 0.25) is 0 Å². The quantitative estimate of drug-likeness (QED) is 0.182. The molecule has 8 nitrogen and oxygen atoms in total. The van der Waals surface area contributed by atoms with Gasteiger partial charge in [-0.3, -0.25) is 0 Å². The van der Waals surface area contributed by atoms with Crippen molar-refractivity contribution < 1.29 is 37.9 Å². The van der Waals surface area contributed by atoms with Crippen LogP contribution in [0, 0.1) is 0 Å². The largest absolute Gasteiger partial charge is 0.497 e. The van der Waals surface area contributed by atoms with Crippen molar-refractivity contribution in [2.45, 2.75) is 24.2 Å². The molecular weight excluding hydrogens is 560 g/mol. The van der Waals surface area contributed by atoms with Crippen LogP contribution in [-0.4, -0.2) is 56.9 Å². The van der Waals surface area contributed by atoms with Gasteiger partial charge < -0.3 is 37.9 Å². The van der Waals surface area contributed by atoms with E-state index in [0.29, 0.717) is 29.4 Å². The molecule has 0 radical (unpaired) electrons. The van der Waals surface area contributed by atoms with Crippen LogP contribution >= 0.6 is 0 Å². The van der Waals surface area contributed by atoms with E-state index >= 15 is 0 Å². The average Bonchev–Trinajstić information content (AvgIpc) is 3.09. The third-order valence-electron chi connectivity index (χ3n) is 8.57. The number of rotatable bonds is 11. The second-order valence-corrected chi connectivity index (χ2v) is 10.6. The summed E-state index contributed by atoms with van der Waals surface area (Å²) in [5.74, 6) is 5.31. The first-order valence-corrected chi connectivity index (χ1v) is 14.3. The molecule has 5 rings (SSSR count). The van der Waals surface area contributed by atoms with Crippen molar-refractivity contribution in [1.29, 1.82) is 0 Å². The van der Waals surface area contributed by atoms with Crippen LogP contribution in [0.25, 0.3) is 0 Å². The average molecular weight is 601 g/mol. The molecule has 4 aromatic carbocycles. The van der Waals surface area contributed by atoms with E-state index in [1.807, 2.05) is 36.4 Å². The van der Waals surface area contributed by atoms with Crippen LogP contribution in [0.3, 0.4) is 0 Å². The number of benzene rings is 4. The number of hydrogen-bond donors (Lipinski definition) is 0. The van der Waals surface area contributed by atoms with Crippen LogP contribution < -0.4 is 37.9 Å². The summed E-state index contributed by atoms with van der Waals surface area (Å²) in [6.45, 7) is 0. The molecule has 44 heavy (non-hydrogen) atoms. The molecule has 0 aliphatic heterocycles. The molecule has 0 bridgehead atoms. The van der Waals surface area contributed by atoms with Crippen molar-refractivity contribution >= 4 is 0 Å². The number of methoxy groups -OCH3 is 8. The van der Waals surface area contributed by atoms with Crippen LogP contribution in [0.4, 0.5) is 0 Å². The molecule has 232 valence electrons. The molecule has 4 aromatic rings. The first-order chi connectivity index (χ1) is 21.4. The van der Waals surface area contributed by atoms with E-state index in [9.17, 15) is 0 Å². The molecule has 1 aliphatic rings. The van der Waals surface area contributed by atoms with Gasteiger partial charge in [-0.25, -0.2) is 0 Å². The van der Waals surface area contributed by atoms with Gasteiger partial charge in [0.05, 0.1) is 56.9 Å². The highest BCUT2D eigenvalue weighted by molar-refractivity contribution is 5.61. The lowest BCUT2D eigenvalue weighted by Crippen LogP contribution is -2.29. The van der Waals surface area contributed by atoms with Crippen molar-refractivity contribution in [3.05, 3.63) is 94.5 Å². The minimum absolute atomic E-state index is 0.0613. The summed E-state index contributed by atoms with van der Waals surface area (Å²) in [5, 5.41) is 0. The normalized spacial score (nSPS) is 17.2. The minimum Gasteiger partial charge on any atom is -0.497 e. The van der Waals surface area contributed by atoms with Crippen LogP contribution in [-0.2, 0) is 6.42 Å². The Kier molecular flexibility index (Phi) is 9.28. The minimum atomic E-state index is -0.228. The Hall–Kier alpha value is -4.72. The molecule has 0 N–H and O–H groups in total. The van der Waals surface area contributed by atoms with Gasteiger partial charge in [-0.2, -0.15) is 0 Å². The Morgan fingerprint density at radius 3 is 1.45 bits per heavy atom. The summed E-state index contributed by atoms with van der Waals surface area (Å²) in [6.07, 6.45) is 0.685. The van der Waals surface area contributed by atoms with E-state index in [0.717, 1.165) is 50.8 Å². The van der Waals surface area contributed by atoms with Gasteiger partial charge in [-0.1, -0.05) is 12.1 Å². The SMILES string of the molecule is COc1cc(OC)cc(C2C(c3ccc(OC)cc3OC)Cc3cc(OC)cc(OC)c3C2c2ccc(OC)cc2OC)c1. The first-order valence-electron chi connectivity index (χ1n) is 14.3. The van der Waals surface area contributed by atoms with Gasteiger partial charge in [0.15, 0.2) is 0 Å². The molecule has 0 aromatic heterocycles. The van der Waals surface area contributed by atoms with Gasteiger partial charge in [0.1, 0.15) is 46.0 Å². The maximum Gasteiger partial charge on any atom is 0.126 e. The van der Waals surface area contributed by atoms with Crippen LogP contribution in [0.5, 0.6) is 46.0 Å². The molecular formula is C36H40O8. The number of ether oxygens (including phenoxy) is 8. The first kappa shape index (κ1) is 30.7. The zero-order chi connectivity index (χ0) is 31.4. The smallest absolute Gasteiger partial charge is 0.126 e. The molecule has 3 atom stereocenters. The van der Waals surface area contributed by atoms with Crippen molar-refractivity contribution in [2.24, 2.45) is 0 Å². The zero-order valence-corrected chi connectivity index (χ0v) is 26.6. The summed E-state index contributed by atoms with van der Waals surface area (Å²) < 4.78 is 46.5. The van der Waals surface area contributed by atoms with Crippen LogP contribution in [0.2, 0.25) is 0 Å². The fourth-order valence-corrected chi connectivity index (χ4v) is 6.54. The number of fused-ring (bicyclic) bond motifs is 1. The Balaban J connectivity index is 1.90. The Morgan fingerprint density at radius 2 is 0.932 bits per heavy atom. The highest BCUT2D eigenvalue weighted by Crippen LogP contribution is 2.59. The Morgan fingerprint density at radius 1 is 0.455 bits per heavy atom. The molecule has 0 spiro atoms. The molecule has 0 saturated heterocycles. The molecule has 0 fully saturated rings. The molecule has 1 aliphatic carbocycles. The maximum absolute atomic E-state index is 6.08. The lowest BCUT2D eigenvalue weighted by molar-refractivity contribution is 0.354. The van der Waals surface area contributed by atoms with Crippen molar-refractivity contribution in [2.75, 3.05) is 56.9 Å². The summed E-state index contributed by atoms with van der Waals surface area (Å²) >= 11 is 0. The topological polar surface area (TPSA) is 73.8 Å². The lowest BCUT2D eigenvalue weighted by Gasteiger charge is -2.42. The second-order valence-electron chi connectivity index (χ2n) is 10.6. The van der Waals surface area contributed by atoms with E-state index in [4.69, 9.17) is 37.9 Å². The van der Waals surface area contributed by atoms with Crippen molar-refractivity contribution in [1.82, 2.24) is 0 Å². The monoisotopic (exact) mass is 600 g/mol. The van der Waals surface area contributed by atoms with E-state index in [-0.39, 0.29) is 17.8 Å². The van der Waals surface area contributed by atoms with Crippen LogP contribution in [0.15, 0.2) is 66.7 Å². The Labute approximate surface area is 259 Å². The third-order valence-corrected chi connectivity index (χ3v) is 8.57. The van der Waals surface area contributed by atoms with E-state index in [2.05, 4.69) is 30.3 Å². The summed E-state index contributed by atoms with van der Waals surface area (Å²) in [4.78, 5) is 0. The van der Waals surface area contributed by atoms with Crippen molar-refractivity contribution in [3.63, 3.8) is 0 Å². The predicted octanol–water partition coefficient (Wildman–Crippen LogP) is 7.01.